The summed E-state index contributed by atoms with van der Waals surface area (Å²) in [6.45, 7) is 2.13. The summed E-state index contributed by atoms with van der Waals surface area (Å²) in [4.78, 5) is 6.94. The highest BCUT2D eigenvalue weighted by Crippen LogP contribution is 2.24. The molecule has 1 N–H and O–H groups in total. The highest BCUT2D eigenvalue weighted by molar-refractivity contribution is 7.12. The Hall–Kier alpha value is -1.20. The van der Waals surface area contributed by atoms with Crippen LogP contribution in [-0.4, -0.2) is 21.8 Å². The third-order valence-electron chi connectivity index (χ3n) is 2.64. The molecule has 0 aromatic carbocycles. The molecule has 86 valence electrons. The van der Waals surface area contributed by atoms with Crippen molar-refractivity contribution in [1.29, 1.82) is 0 Å². The molecule has 5 heteroatoms. The van der Waals surface area contributed by atoms with Crippen molar-refractivity contribution < 1.29 is 0 Å². The molecule has 2 aromatic rings. The van der Waals surface area contributed by atoms with Gasteiger partial charge in [-0.1, -0.05) is 0 Å². The number of thiophene rings is 1. The van der Waals surface area contributed by atoms with Gasteiger partial charge < -0.3 is 5.32 Å². The molecule has 0 aliphatic rings. The minimum Gasteiger partial charge on any atom is -0.312 e. The van der Waals surface area contributed by atoms with Crippen molar-refractivity contribution in [1.82, 2.24) is 20.1 Å². The first-order valence-electron chi connectivity index (χ1n) is 5.27. The second-order valence-electron chi connectivity index (χ2n) is 3.79. The fourth-order valence-electron chi connectivity index (χ4n) is 1.67. The summed E-state index contributed by atoms with van der Waals surface area (Å²) in [6.07, 6.45) is 2.47. The molecule has 2 heterocycles. The molecule has 0 amide bonds. The molecule has 0 saturated carbocycles. The van der Waals surface area contributed by atoms with E-state index in [9.17, 15) is 0 Å². The normalized spacial score (nSPS) is 12.9. The summed E-state index contributed by atoms with van der Waals surface area (Å²) in [5.74, 6) is 1.01. The predicted molar refractivity (Wildman–Crippen MR) is 65.6 cm³/mol. The van der Waals surface area contributed by atoms with Gasteiger partial charge in [-0.25, -0.2) is 4.98 Å². The molecule has 0 aliphatic carbocycles. The number of aryl methyl sites for hydroxylation is 2. The second kappa shape index (κ2) is 4.76. The standard InChI is InChI=1S/C11H16N4S/c1-8-4-5-10(16-8)9(12-2)6-11-13-7-14-15(11)3/h4-5,7,9,12H,6H2,1-3H3. The Morgan fingerprint density at radius 2 is 2.31 bits per heavy atom. The van der Waals surface area contributed by atoms with E-state index in [0.29, 0.717) is 6.04 Å². The van der Waals surface area contributed by atoms with Crippen molar-refractivity contribution in [2.45, 2.75) is 19.4 Å². The maximum absolute atomic E-state index is 4.25. The van der Waals surface area contributed by atoms with Gasteiger partial charge in [-0.3, -0.25) is 4.68 Å². The zero-order valence-electron chi connectivity index (χ0n) is 9.77. The van der Waals surface area contributed by atoms with Crippen LogP contribution >= 0.6 is 11.3 Å². The van der Waals surface area contributed by atoms with E-state index in [1.165, 1.54) is 9.75 Å². The fourth-order valence-corrected chi connectivity index (χ4v) is 2.66. The molecule has 2 rings (SSSR count). The van der Waals surface area contributed by atoms with Gasteiger partial charge in [0.15, 0.2) is 0 Å². The molecule has 0 spiro atoms. The van der Waals surface area contributed by atoms with Crippen LogP contribution in [0.5, 0.6) is 0 Å². The first-order valence-corrected chi connectivity index (χ1v) is 6.09. The van der Waals surface area contributed by atoms with Crippen LogP contribution in [0.25, 0.3) is 0 Å². The van der Waals surface area contributed by atoms with Crippen LogP contribution in [0.2, 0.25) is 0 Å². The summed E-state index contributed by atoms with van der Waals surface area (Å²) in [5.41, 5.74) is 0. The van der Waals surface area contributed by atoms with Crippen molar-refractivity contribution in [3.05, 3.63) is 34.0 Å². The van der Waals surface area contributed by atoms with Gasteiger partial charge in [0.05, 0.1) is 0 Å². The summed E-state index contributed by atoms with van der Waals surface area (Å²) >= 11 is 1.83. The Morgan fingerprint density at radius 1 is 1.50 bits per heavy atom. The second-order valence-corrected chi connectivity index (χ2v) is 5.11. The Morgan fingerprint density at radius 3 is 2.81 bits per heavy atom. The molecule has 0 saturated heterocycles. The number of rotatable bonds is 4. The Labute approximate surface area is 99.3 Å². The van der Waals surface area contributed by atoms with E-state index in [-0.39, 0.29) is 0 Å². The summed E-state index contributed by atoms with van der Waals surface area (Å²) in [5, 5.41) is 7.41. The van der Waals surface area contributed by atoms with Gasteiger partial charge in [0.2, 0.25) is 0 Å². The Bertz CT molecular complexity index is 460. The van der Waals surface area contributed by atoms with E-state index in [0.717, 1.165) is 12.2 Å². The molecule has 4 nitrogen and oxygen atoms in total. The number of hydrogen-bond acceptors (Lipinski definition) is 4. The molecule has 16 heavy (non-hydrogen) atoms. The molecule has 0 radical (unpaired) electrons. The predicted octanol–water partition coefficient (Wildman–Crippen LogP) is 1.69. The van der Waals surface area contributed by atoms with E-state index < -0.39 is 0 Å². The quantitative estimate of drug-likeness (QED) is 0.878. The Kier molecular flexibility index (Phi) is 3.36. The van der Waals surface area contributed by atoms with Gasteiger partial charge in [0.1, 0.15) is 12.2 Å². The van der Waals surface area contributed by atoms with Crippen LogP contribution in [0.15, 0.2) is 18.5 Å². The molecule has 0 fully saturated rings. The molecule has 2 aromatic heterocycles. The summed E-state index contributed by atoms with van der Waals surface area (Å²) in [7, 11) is 3.91. The zero-order chi connectivity index (χ0) is 11.5. The molecular weight excluding hydrogens is 220 g/mol. The number of likely N-dealkylation sites (N-methyl/N-ethyl adjacent to an activating group) is 1. The lowest BCUT2D eigenvalue weighted by Crippen LogP contribution is -2.19. The third-order valence-corrected chi connectivity index (χ3v) is 3.76. The Balaban J connectivity index is 2.15. The van der Waals surface area contributed by atoms with Gasteiger partial charge >= 0.3 is 0 Å². The smallest absolute Gasteiger partial charge is 0.138 e. The third kappa shape index (κ3) is 2.31. The number of hydrogen-bond donors (Lipinski definition) is 1. The van der Waals surface area contributed by atoms with E-state index >= 15 is 0 Å². The van der Waals surface area contributed by atoms with Crippen LogP contribution in [0, 0.1) is 6.92 Å². The number of nitrogens with one attached hydrogen (secondary N) is 1. The van der Waals surface area contributed by atoms with Crippen LogP contribution in [0.3, 0.4) is 0 Å². The first kappa shape index (κ1) is 11.3. The molecule has 0 aliphatic heterocycles. The van der Waals surface area contributed by atoms with Crippen LogP contribution in [-0.2, 0) is 13.5 Å². The van der Waals surface area contributed by atoms with Crippen molar-refractivity contribution in [3.63, 3.8) is 0 Å². The van der Waals surface area contributed by atoms with Crippen molar-refractivity contribution in [2.24, 2.45) is 7.05 Å². The molecule has 1 atom stereocenters. The zero-order valence-corrected chi connectivity index (χ0v) is 10.6. The largest absolute Gasteiger partial charge is 0.312 e. The maximum atomic E-state index is 4.25. The van der Waals surface area contributed by atoms with Gasteiger partial charge in [-0.15, -0.1) is 11.3 Å². The van der Waals surface area contributed by atoms with E-state index in [1.807, 2.05) is 30.1 Å². The number of aromatic nitrogens is 3. The lowest BCUT2D eigenvalue weighted by molar-refractivity contribution is 0.561. The SMILES string of the molecule is CNC(Cc1ncnn1C)c1ccc(C)s1. The van der Waals surface area contributed by atoms with Gasteiger partial charge in [0, 0.05) is 29.3 Å². The van der Waals surface area contributed by atoms with E-state index in [2.05, 4.69) is 34.5 Å². The fraction of sp³-hybridized carbons (Fsp3) is 0.455. The van der Waals surface area contributed by atoms with Crippen molar-refractivity contribution >= 4 is 11.3 Å². The molecule has 0 bridgehead atoms. The molecule has 1 unspecified atom stereocenters. The van der Waals surface area contributed by atoms with Gasteiger partial charge in [0.25, 0.3) is 0 Å². The highest BCUT2D eigenvalue weighted by atomic mass is 32.1. The van der Waals surface area contributed by atoms with Gasteiger partial charge in [-0.05, 0) is 26.1 Å². The average Bonchev–Trinajstić information content (AvgIpc) is 2.85. The van der Waals surface area contributed by atoms with Crippen LogP contribution in [0.1, 0.15) is 21.6 Å². The minimum absolute atomic E-state index is 0.321. The van der Waals surface area contributed by atoms with Crippen LogP contribution in [0.4, 0.5) is 0 Å². The summed E-state index contributed by atoms with van der Waals surface area (Å²) in [6, 6.07) is 4.65. The topological polar surface area (TPSA) is 42.7 Å². The maximum Gasteiger partial charge on any atom is 0.138 e. The lowest BCUT2D eigenvalue weighted by atomic mass is 10.1. The first-order chi connectivity index (χ1) is 7.70. The highest BCUT2D eigenvalue weighted by Gasteiger charge is 2.14. The minimum atomic E-state index is 0.321. The summed E-state index contributed by atoms with van der Waals surface area (Å²) < 4.78 is 1.82. The van der Waals surface area contributed by atoms with Gasteiger partial charge in [-0.2, -0.15) is 5.10 Å². The van der Waals surface area contributed by atoms with Crippen molar-refractivity contribution in [3.8, 4) is 0 Å². The monoisotopic (exact) mass is 236 g/mol. The van der Waals surface area contributed by atoms with Crippen molar-refractivity contribution in [2.75, 3.05) is 7.05 Å². The average molecular weight is 236 g/mol. The van der Waals surface area contributed by atoms with Crippen LogP contribution < -0.4 is 5.32 Å². The van der Waals surface area contributed by atoms with E-state index in [1.54, 1.807) is 6.33 Å². The molecular formula is C11H16N4S. The number of nitrogens with zero attached hydrogens (tertiary/aromatic N) is 3. The van der Waals surface area contributed by atoms with E-state index in [4.69, 9.17) is 0 Å². The lowest BCUT2D eigenvalue weighted by Gasteiger charge is -2.13.